The number of carbonyl (C=O) groups is 2. The van der Waals surface area contributed by atoms with E-state index in [0.717, 1.165) is 10.8 Å². The molecule has 1 heterocycles. The molecule has 0 aliphatic carbocycles. The van der Waals surface area contributed by atoms with Gasteiger partial charge in [-0.1, -0.05) is 36.4 Å². The van der Waals surface area contributed by atoms with Crippen LogP contribution in [0, 0.1) is 5.82 Å². The number of ether oxygens (including phenoxy) is 1. The van der Waals surface area contributed by atoms with Gasteiger partial charge in [0.15, 0.2) is 0 Å². The third-order valence-electron chi connectivity index (χ3n) is 4.54. The first kappa shape index (κ1) is 17.0. The molecule has 6 heteroatoms. The van der Waals surface area contributed by atoms with E-state index < -0.39 is 12.2 Å². The maximum atomic E-state index is 13.0. The lowest BCUT2D eigenvalue weighted by Crippen LogP contribution is -2.34. The molecule has 136 valence electrons. The lowest BCUT2D eigenvalue weighted by Gasteiger charge is -2.13. The van der Waals surface area contributed by atoms with Crippen LogP contribution in [0.15, 0.2) is 66.7 Å². The fourth-order valence-corrected chi connectivity index (χ4v) is 3.18. The van der Waals surface area contributed by atoms with E-state index in [4.69, 9.17) is 4.74 Å². The highest BCUT2D eigenvalue weighted by Crippen LogP contribution is 2.22. The van der Waals surface area contributed by atoms with Gasteiger partial charge in [0.05, 0.1) is 13.1 Å². The van der Waals surface area contributed by atoms with E-state index in [2.05, 4.69) is 5.32 Å². The molecular weight excluding hydrogens is 347 g/mol. The molecule has 27 heavy (non-hydrogen) atoms. The zero-order chi connectivity index (χ0) is 18.8. The van der Waals surface area contributed by atoms with Crippen LogP contribution in [0.25, 0.3) is 10.8 Å². The first-order valence-electron chi connectivity index (χ1n) is 8.61. The summed E-state index contributed by atoms with van der Waals surface area (Å²) >= 11 is 0. The minimum absolute atomic E-state index is 0.200. The maximum Gasteiger partial charge on any atom is 0.414 e. The maximum absolute atomic E-state index is 13.0. The quantitative estimate of drug-likeness (QED) is 0.767. The van der Waals surface area contributed by atoms with E-state index in [9.17, 15) is 14.0 Å². The first-order valence-corrected chi connectivity index (χ1v) is 8.61. The van der Waals surface area contributed by atoms with Crippen LogP contribution in [0.5, 0.6) is 0 Å². The van der Waals surface area contributed by atoms with Crippen molar-refractivity contribution in [2.75, 3.05) is 18.0 Å². The van der Waals surface area contributed by atoms with Crippen molar-refractivity contribution in [2.24, 2.45) is 0 Å². The standard InChI is InChI=1S/C21H17FN2O3/c22-15-8-10-16(11-9-15)24-13-17(27-21(24)26)12-23-20(25)19-7-3-5-14-4-1-2-6-18(14)19/h1-11,17H,12-13H2,(H,23,25)/t17-/m1/s1. The lowest BCUT2D eigenvalue weighted by atomic mass is 10.0. The van der Waals surface area contributed by atoms with Gasteiger partial charge in [0.2, 0.25) is 0 Å². The monoisotopic (exact) mass is 364 g/mol. The van der Waals surface area contributed by atoms with Crippen LogP contribution in [0.2, 0.25) is 0 Å². The SMILES string of the molecule is O=C(NC[C@@H]1CN(c2ccc(F)cc2)C(=O)O1)c1cccc2ccccc12. The Hall–Kier alpha value is -3.41. The molecule has 3 aromatic rings. The summed E-state index contributed by atoms with van der Waals surface area (Å²) in [7, 11) is 0. The Kier molecular flexibility index (Phi) is 4.46. The molecule has 0 aromatic heterocycles. The summed E-state index contributed by atoms with van der Waals surface area (Å²) in [6.07, 6.45) is -0.979. The van der Waals surface area contributed by atoms with E-state index in [1.54, 1.807) is 6.07 Å². The molecule has 1 aliphatic heterocycles. The van der Waals surface area contributed by atoms with Crippen LogP contribution < -0.4 is 10.2 Å². The summed E-state index contributed by atoms with van der Waals surface area (Å²) in [4.78, 5) is 26.1. The molecule has 1 saturated heterocycles. The zero-order valence-corrected chi connectivity index (χ0v) is 14.4. The third-order valence-corrected chi connectivity index (χ3v) is 4.54. The molecule has 0 saturated carbocycles. The summed E-state index contributed by atoms with van der Waals surface area (Å²) < 4.78 is 18.4. The van der Waals surface area contributed by atoms with Crippen molar-refractivity contribution in [1.29, 1.82) is 0 Å². The van der Waals surface area contributed by atoms with Gasteiger partial charge in [0.1, 0.15) is 11.9 Å². The molecule has 1 N–H and O–H groups in total. The second kappa shape index (κ2) is 7.07. The molecule has 4 rings (SSSR count). The molecule has 3 aromatic carbocycles. The topological polar surface area (TPSA) is 58.6 Å². The van der Waals surface area contributed by atoms with E-state index in [0.29, 0.717) is 17.8 Å². The number of benzene rings is 3. The second-order valence-corrected chi connectivity index (χ2v) is 6.33. The summed E-state index contributed by atoms with van der Waals surface area (Å²) in [5, 5.41) is 4.69. The molecule has 0 spiro atoms. The number of rotatable bonds is 4. The van der Waals surface area contributed by atoms with Gasteiger partial charge < -0.3 is 10.1 Å². The van der Waals surface area contributed by atoms with E-state index >= 15 is 0 Å². The number of nitrogens with one attached hydrogen (secondary N) is 1. The van der Waals surface area contributed by atoms with Crippen LogP contribution in [0.1, 0.15) is 10.4 Å². The Morgan fingerprint density at radius 3 is 2.63 bits per heavy atom. The minimum Gasteiger partial charge on any atom is -0.442 e. The Morgan fingerprint density at radius 1 is 1.07 bits per heavy atom. The van der Waals surface area contributed by atoms with Gasteiger partial charge >= 0.3 is 6.09 Å². The fraction of sp³-hybridized carbons (Fsp3) is 0.143. The van der Waals surface area contributed by atoms with Crippen molar-refractivity contribution in [2.45, 2.75) is 6.10 Å². The molecule has 0 unspecified atom stereocenters. The number of cyclic esters (lactones) is 1. The molecule has 1 aliphatic rings. The van der Waals surface area contributed by atoms with Gasteiger partial charge in [-0.2, -0.15) is 0 Å². The van der Waals surface area contributed by atoms with Gasteiger partial charge in [-0.15, -0.1) is 0 Å². The van der Waals surface area contributed by atoms with E-state index in [1.165, 1.54) is 29.2 Å². The third kappa shape index (κ3) is 3.46. The molecular formula is C21H17FN2O3. The number of fused-ring (bicyclic) bond motifs is 1. The Morgan fingerprint density at radius 2 is 1.81 bits per heavy atom. The highest BCUT2D eigenvalue weighted by atomic mass is 19.1. The largest absolute Gasteiger partial charge is 0.442 e. The summed E-state index contributed by atoms with van der Waals surface area (Å²) in [6.45, 7) is 0.492. The van der Waals surface area contributed by atoms with Gasteiger partial charge in [-0.05, 0) is 41.1 Å². The molecule has 0 radical (unpaired) electrons. The normalized spacial score (nSPS) is 16.4. The Bertz CT molecular complexity index is 998. The summed E-state index contributed by atoms with van der Waals surface area (Å²) in [6, 6.07) is 18.8. The Labute approximate surface area is 155 Å². The fourth-order valence-electron chi connectivity index (χ4n) is 3.18. The average molecular weight is 364 g/mol. The summed E-state index contributed by atoms with van der Waals surface area (Å²) in [5.74, 6) is -0.590. The lowest BCUT2D eigenvalue weighted by molar-refractivity contribution is 0.0917. The van der Waals surface area contributed by atoms with E-state index in [1.807, 2.05) is 36.4 Å². The molecule has 5 nitrogen and oxygen atoms in total. The van der Waals surface area contributed by atoms with Crippen molar-refractivity contribution in [1.82, 2.24) is 5.32 Å². The van der Waals surface area contributed by atoms with Crippen LogP contribution in [-0.2, 0) is 4.74 Å². The average Bonchev–Trinajstić information content (AvgIpc) is 3.07. The number of anilines is 1. The highest BCUT2D eigenvalue weighted by molar-refractivity contribution is 6.07. The number of nitrogens with zero attached hydrogens (tertiary/aromatic N) is 1. The minimum atomic E-state index is -0.508. The van der Waals surface area contributed by atoms with Crippen molar-refractivity contribution >= 4 is 28.5 Å². The van der Waals surface area contributed by atoms with Gasteiger partial charge in [0.25, 0.3) is 5.91 Å². The van der Waals surface area contributed by atoms with Crippen molar-refractivity contribution in [3.05, 3.63) is 78.1 Å². The number of carbonyl (C=O) groups excluding carboxylic acids is 2. The molecule has 1 fully saturated rings. The first-order chi connectivity index (χ1) is 13.1. The molecule has 2 amide bonds. The summed E-state index contributed by atoms with van der Waals surface area (Å²) in [5.41, 5.74) is 1.14. The van der Waals surface area contributed by atoms with Crippen molar-refractivity contribution < 1.29 is 18.7 Å². The molecule has 0 bridgehead atoms. The van der Waals surface area contributed by atoms with Crippen LogP contribution >= 0.6 is 0 Å². The predicted molar refractivity (Wildman–Crippen MR) is 100 cm³/mol. The second-order valence-electron chi connectivity index (χ2n) is 6.33. The number of amides is 2. The number of halogens is 1. The number of hydrogen-bond acceptors (Lipinski definition) is 3. The Balaban J connectivity index is 1.42. The zero-order valence-electron chi connectivity index (χ0n) is 14.4. The predicted octanol–water partition coefficient (Wildman–Crippen LogP) is 3.73. The number of hydrogen-bond donors (Lipinski definition) is 1. The highest BCUT2D eigenvalue weighted by Gasteiger charge is 2.32. The van der Waals surface area contributed by atoms with Crippen LogP contribution in [0.4, 0.5) is 14.9 Å². The van der Waals surface area contributed by atoms with E-state index in [-0.39, 0.29) is 18.3 Å². The smallest absolute Gasteiger partial charge is 0.414 e. The van der Waals surface area contributed by atoms with Gasteiger partial charge in [0, 0.05) is 11.3 Å². The van der Waals surface area contributed by atoms with Crippen molar-refractivity contribution in [3.8, 4) is 0 Å². The van der Waals surface area contributed by atoms with Gasteiger partial charge in [-0.3, -0.25) is 9.69 Å². The molecule has 1 atom stereocenters. The van der Waals surface area contributed by atoms with Gasteiger partial charge in [-0.25, -0.2) is 9.18 Å². The van der Waals surface area contributed by atoms with Crippen LogP contribution in [-0.4, -0.2) is 31.2 Å². The van der Waals surface area contributed by atoms with Crippen molar-refractivity contribution in [3.63, 3.8) is 0 Å². The van der Waals surface area contributed by atoms with Crippen LogP contribution in [0.3, 0.4) is 0 Å².